The maximum Gasteiger partial charge on any atom is 0.315 e. The monoisotopic (exact) mass is 341 g/mol. The van der Waals surface area contributed by atoms with Gasteiger partial charge < -0.3 is 15.4 Å². The molecule has 0 aromatic heterocycles. The molecule has 2 N–H and O–H groups in total. The average molecular weight is 341 g/mol. The van der Waals surface area contributed by atoms with E-state index < -0.39 is 17.7 Å². The minimum Gasteiger partial charge on any atom is -0.383 e. The first-order chi connectivity index (χ1) is 11.5. The van der Waals surface area contributed by atoms with Crippen molar-refractivity contribution < 1.29 is 18.3 Å². The van der Waals surface area contributed by atoms with Gasteiger partial charge in [-0.15, -0.1) is 0 Å². The number of carbonyl (C=O) groups excluding carboxylic acids is 1. The third-order valence-electron chi connectivity index (χ3n) is 4.27. The normalized spacial score (nSPS) is 19.2. The number of nitrogens with one attached hydrogen (secondary N) is 2. The van der Waals surface area contributed by atoms with Crippen LogP contribution in [0.25, 0.3) is 0 Å². The lowest BCUT2D eigenvalue weighted by Crippen LogP contribution is -2.44. The van der Waals surface area contributed by atoms with Gasteiger partial charge in [0.1, 0.15) is 11.6 Å². The third-order valence-corrected chi connectivity index (χ3v) is 4.27. The fraction of sp³-hybridized carbons (Fsp3) is 0.588. The average Bonchev–Trinajstić information content (AvgIpc) is 2.98. The Balaban J connectivity index is 1.86. The molecule has 1 saturated heterocycles. The van der Waals surface area contributed by atoms with Gasteiger partial charge in [0.25, 0.3) is 0 Å². The Hall–Kier alpha value is -1.73. The predicted octanol–water partition coefficient (Wildman–Crippen LogP) is 2.44. The van der Waals surface area contributed by atoms with Crippen molar-refractivity contribution in [1.82, 2.24) is 15.5 Å². The summed E-state index contributed by atoms with van der Waals surface area (Å²) in [6.07, 6.45) is 1.39. The standard InChI is InChI=1S/C17H25F2N3O2/c1-3-16(14-5-4-12(18)10-15(14)19)21-17(23)20-13-6-7-22(11-13)8-9-24-2/h4-5,10,13,16H,3,6-9,11H2,1-2H3,(H2,20,21,23)/t13-,16-/m1/s1. The lowest BCUT2D eigenvalue weighted by atomic mass is 10.0. The van der Waals surface area contributed by atoms with E-state index in [2.05, 4.69) is 15.5 Å². The zero-order valence-corrected chi connectivity index (χ0v) is 14.1. The molecule has 1 aromatic carbocycles. The number of methoxy groups -OCH3 is 1. The second kappa shape index (κ2) is 8.94. The van der Waals surface area contributed by atoms with Crippen molar-refractivity contribution in [3.63, 3.8) is 0 Å². The summed E-state index contributed by atoms with van der Waals surface area (Å²) < 4.78 is 32.0. The van der Waals surface area contributed by atoms with Crippen LogP contribution in [-0.4, -0.2) is 50.3 Å². The molecule has 0 aliphatic carbocycles. The number of hydrogen-bond donors (Lipinski definition) is 2. The second-order valence-corrected chi connectivity index (χ2v) is 6.02. The van der Waals surface area contributed by atoms with E-state index >= 15 is 0 Å². The van der Waals surface area contributed by atoms with Crippen LogP contribution in [0.5, 0.6) is 0 Å². The van der Waals surface area contributed by atoms with E-state index in [1.54, 1.807) is 7.11 Å². The Morgan fingerprint density at radius 3 is 2.92 bits per heavy atom. The van der Waals surface area contributed by atoms with E-state index in [1.807, 2.05) is 6.92 Å². The van der Waals surface area contributed by atoms with Gasteiger partial charge in [-0.25, -0.2) is 13.6 Å². The molecule has 0 unspecified atom stereocenters. The van der Waals surface area contributed by atoms with Gasteiger partial charge in [-0.3, -0.25) is 4.90 Å². The SMILES string of the molecule is CC[C@@H](NC(=O)N[C@@H]1CCN(CCOC)C1)c1ccc(F)cc1F. The van der Waals surface area contributed by atoms with E-state index in [0.29, 0.717) is 18.6 Å². The van der Waals surface area contributed by atoms with Crippen LogP contribution in [0.2, 0.25) is 0 Å². The maximum atomic E-state index is 13.9. The van der Waals surface area contributed by atoms with Gasteiger partial charge >= 0.3 is 6.03 Å². The Morgan fingerprint density at radius 1 is 1.46 bits per heavy atom. The number of rotatable bonds is 7. The highest BCUT2D eigenvalue weighted by Gasteiger charge is 2.24. The Morgan fingerprint density at radius 2 is 2.25 bits per heavy atom. The lowest BCUT2D eigenvalue weighted by Gasteiger charge is -2.21. The molecule has 2 atom stereocenters. The van der Waals surface area contributed by atoms with Crippen LogP contribution in [0.1, 0.15) is 31.4 Å². The minimum atomic E-state index is -0.645. The molecule has 2 amide bonds. The quantitative estimate of drug-likeness (QED) is 0.801. The number of halogens is 2. The second-order valence-electron chi connectivity index (χ2n) is 6.02. The number of benzene rings is 1. The van der Waals surface area contributed by atoms with E-state index in [4.69, 9.17) is 4.74 Å². The van der Waals surface area contributed by atoms with Gasteiger partial charge in [0.2, 0.25) is 0 Å². The molecule has 24 heavy (non-hydrogen) atoms. The highest BCUT2D eigenvalue weighted by atomic mass is 19.1. The Kier molecular flexibility index (Phi) is 6.93. The summed E-state index contributed by atoms with van der Waals surface area (Å²) in [6.45, 7) is 5.04. The van der Waals surface area contributed by atoms with Crippen molar-refractivity contribution in [2.75, 3.05) is 33.4 Å². The molecular weight excluding hydrogens is 316 g/mol. The van der Waals surface area contributed by atoms with Crippen LogP contribution < -0.4 is 10.6 Å². The van der Waals surface area contributed by atoms with Gasteiger partial charge in [-0.1, -0.05) is 13.0 Å². The van der Waals surface area contributed by atoms with E-state index in [-0.39, 0.29) is 12.1 Å². The predicted molar refractivity (Wildman–Crippen MR) is 87.8 cm³/mol. The summed E-state index contributed by atoms with van der Waals surface area (Å²) in [6, 6.07) is 2.66. The van der Waals surface area contributed by atoms with Crippen molar-refractivity contribution in [3.8, 4) is 0 Å². The van der Waals surface area contributed by atoms with Crippen LogP contribution in [0.4, 0.5) is 13.6 Å². The summed E-state index contributed by atoms with van der Waals surface area (Å²) in [5.41, 5.74) is 0.294. The number of urea groups is 1. The first-order valence-electron chi connectivity index (χ1n) is 8.26. The maximum absolute atomic E-state index is 13.9. The van der Waals surface area contributed by atoms with Crippen LogP contribution >= 0.6 is 0 Å². The summed E-state index contributed by atoms with van der Waals surface area (Å²) in [5.74, 6) is -1.27. The molecule has 7 heteroatoms. The zero-order valence-electron chi connectivity index (χ0n) is 14.1. The number of amides is 2. The topological polar surface area (TPSA) is 53.6 Å². The molecule has 1 aliphatic rings. The third kappa shape index (κ3) is 5.14. The van der Waals surface area contributed by atoms with Crippen LogP contribution in [-0.2, 0) is 4.74 Å². The van der Waals surface area contributed by atoms with E-state index in [1.165, 1.54) is 12.1 Å². The zero-order chi connectivity index (χ0) is 17.5. The summed E-state index contributed by atoms with van der Waals surface area (Å²) in [4.78, 5) is 14.4. The minimum absolute atomic E-state index is 0.0671. The fourth-order valence-electron chi connectivity index (χ4n) is 2.94. The molecule has 0 spiro atoms. The molecule has 5 nitrogen and oxygen atoms in total. The van der Waals surface area contributed by atoms with Crippen LogP contribution in [0.3, 0.4) is 0 Å². The van der Waals surface area contributed by atoms with E-state index in [0.717, 1.165) is 32.1 Å². The summed E-state index contributed by atoms with van der Waals surface area (Å²) >= 11 is 0. The number of hydrogen-bond acceptors (Lipinski definition) is 3. The molecule has 0 bridgehead atoms. The molecule has 1 aromatic rings. The highest BCUT2D eigenvalue weighted by Crippen LogP contribution is 2.21. The number of ether oxygens (including phenoxy) is 1. The largest absolute Gasteiger partial charge is 0.383 e. The number of likely N-dealkylation sites (tertiary alicyclic amines) is 1. The molecule has 1 fully saturated rings. The molecule has 134 valence electrons. The van der Waals surface area contributed by atoms with Crippen LogP contribution in [0, 0.1) is 11.6 Å². The van der Waals surface area contributed by atoms with Gasteiger partial charge in [0, 0.05) is 44.4 Å². The van der Waals surface area contributed by atoms with Crippen molar-refractivity contribution in [3.05, 3.63) is 35.4 Å². The molecule has 1 aliphatic heterocycles. The molecular formula is C17H25F2N3O2. The molecule has 1 heterocycles. The van der Waals surface area contributed by atoms with Gasteiger partial charge in [-0.2, -0.15) is 0 Å². The van der Waals surface area contributed by atoms with Gasteiger partial charge in [0.05, 0.1) is 12.6 Å². The van der Waals surface area contributed by atoms with Crippen molar-refractivity contribution in [2.24, 2.45) is 0 Å². The fourth-order valence-corrected chi connectivity index (χ4v) is 2.94. The molecule has 0 saturated carbocycles. The summed E-state index contributed by atoms with van der Waals surface area (Å²) in [7, 11) is 1.67. The Labute approximate surface area is 141 Å². The van der Waals surface area contributed by atoms with Gasteiger partial charge in [0.15, 0.2) is 0 Å². The van der Waals surface area contributed by atoms with Crippen LogP contribution in [0.15, 0.2) is 18.2 Å². The van der Waals surface area contributed by atoms with Crippen molar-refractivity contribution in [2.45, 2.75) is 31.8 Å². The smallest absolute Gasteiger partial charge is 0.315 e. The molecule has 2 rings (SSSR count). The van der Waals surface area contributed by atoms with Crippen molar-refractivity contribution in [1.29, 1.82) is 0 Å². The lowest BCUT2D eigenvalue weighted by molar-refractivity contribution is 0.159. The van der Waals surface area contributed by atoms with E-state index in [9.17, 15) is 13.6 Å². The summed E-state index contributed by atoms with van der Waals surface area (Å²) in [5, 5.41) is 5.69. The Bertz CT molecular complexity index is 557. The molecule has 0 radical (unpaired) electrons. The van der Waals surface area contributed by atoms with Crippen molar-refractivity contribution >= 4 is 6.03 Å². The highest BCUT2D eigenvalue weighted by molar-refractivity contribution is 5.74. The number of nitrogens with zero attached hydrogens (tertiary/aromatic N) is 1. The first kappa shape index (κ1) is 18.6. The first-order valence-corrected chi connectivity index (χ1v) is 8.26. The van der Waals surface area contributed by atoms with Gasteiger partial charge in [-0.05, 0) is 18.9 Å². The number of carbonyl (C=O) groups is 1.